The van der Waals surface area contributed by atoms with Crippen molar-refractivity contribution in [2.24, 2.45) is 0 Å². The first kappa shape index (κ1) is 14.4. The van der Waals surface area contributed by atoms with Gasteiger partial charge in [-0.15, -0.1) is 5.10 Å². The molecule has 21 heavy (non-hydrogen) atoms. The van der Waals surface area contributed by atoms with Crippen LogP contribution in [0.25, 0.3) is 4.96 Å². The van der Waals surface area contributed by atoms with Crippen LogP contribution < -0.4 is 10.9 Å². The van der Waals surface area contributed by atoms with Gasteiger partial charge in [0, 0.05) is 25.4 Å². The van der Waals surface area contributed by atoms with E-state index in [-0.39, 0.29) is 11.8 Å². The summed E-state index contributed by atoms with van der Waals surface area (Å²) in [6.45, 7) is 2.19. The lowest BCUT2D eigenvalue weighted by molar-refractivity contribution is -0.162. The predicted molar refractivity (Wildman–Crippen MR) is 79.8 cm³/mol. The number of rotatable bonds is 6. The van der Waals surface area contributed by atoms with E-state index in [2.05, 4.69) is 15.4 Å². The van der Waals surface area contributed by atoms with E-state index in [1.165, 1.54) is 34.5 Å². The summed E-state index contributed by atoms with van der Waals surface area (Å²) in [4.78, 5) is 16.2. The van der Waals surface area contributed by atoms with Crippen molar-refractivity contribution in [1.29, 1.82) is 0 Å². The summed E-state index contributed by atoms with van der Waals surface area (Å²) < 4.78 is 12.5. The molecule has 0 unspecified atom stereocenters. The third-order valence-electron chi connectivity index (χ3n) is 3.21. The summed E-state index contributed by atoms with van der Waals surface area (Å²) in [5, 5.41) is 8.06. The van der Waals surface area contributed by atoms with Gasteiger partial charge in [0.15, 0.2) is 6.29 Å². The van der Waals surface area contributed by atoms with Gasteiger partial charge in [-0.2, -0.15) is 4.52 Å². The Bertz CT molecular complexity index is 636. The average molecular weight is 310 g/mol. The molecule has 1 N–H and O–H groups in total. The highest BCUT2D eigenvalue weighted by Gasteiger charge is 2.13. The van der Waals surface area contributed by atoms with Crippen LogP contribution in [0.3, 0.4) is 0 Å². The first-order valence-electron chi connectivity index (χ1n) is 7.15. The van der Waals surface area contributed by atoms with Crippen LogP contribution in [0.1, 0.15) is 25.7 Å². The minimum Gasteiger partial charge on any atom is -0.360 e. The highest BCUT2D eigenvalue weighted by molar-refractivity contribution is 7.20. The second-order valence-electron chi connectivity index (χ2n) is 4.83. The molecular weight excluding hydrogens is 292 g/mol. The molecule has 0 amide bonds. The predicted octanol–water partition coefficient (Wildman–Crippen LogP) is 1.50. The molecule has 2 aromatic heterocycles. The zero-order chi connectivity index (χ0) is 14.5. The molecule has 8 heteroatoms. The monoisotopic (exact) mass is 310 g/mol. The van der Waals surface area contributed by atoms with Gasteiger partial charge in [0.1, 0.15) is 0 Å². The Labute approximate surface area is 125 Å². The van der Waals surface area contributed by atoms with Gasteiger partial charge in [-0.25, -0.2) is 4.98 Å². The Morgan fingerprint density at radius 3 is 3.29 bits per heavy atom. The Morgan fingerprint density at radius 1 is 1.52 bits per heavy atom. The van der Waals surface area contributed by atoms with Gasteiger partial charge in [-0.1, -0.05) is 11.3 Å². The Hall–Kier alpha value is -1.51. The van der Waals surface area contributed by atoms with Crippen LogP contribution in [0.5, 0.6) is 0 Å². The summed E-state index contributed by atoms with van der Waals surface area (Å²) in [5.41, 5.74) is -0.165. The van der Waals surface area contributed by atoms with Gasteiger partial charge in [0.25, 0.3) is 5.56 Å². The van der Waals surface area contributed by atoms with Crippen LogP contribution in [0.4, 0.5) is 5.13 Å². The lowest BCUT2D eigenvalue weighted by Gasteiger charge is -2.22. The molecule has 1 saturated heterocycles. The highest BCUT2D eigenvalue weighted by atomic mass is 32.1. The minimum atomic E-state index is -0.165. The molecule has 1 atom stereocenters. The van der Waals surface area contributed by atoms with Gasteiger partial charge in [-0.3, -0.25) is 4.79 Å². The molecule has 0 bridgehead atoms. The number of ether oxygens (including phenoxy) is 2. The summed E-state index contributed by atoms with van der Waals surface area (Å²) in [6.07, 6.45) is 5.61. The van der Waals surface area contributed by atoms with E-state index in [9.17, 15) is 4.79 Å². The second kappa shape index (κ2) is 6.97. The molecule has 0 spiro atoms. The van der Waals surface area contributed by atoms with E-state index >= 15 is 0 Å². The number of aromatic nitrogens is 3. The molecule has 0 saturated carbocycles. The first-order chi connectivity index (χ1) is 10.3. The Kier molecular flexibility index (Phi) is 4.79. The van der Waals surface area contributed by atoms with Crippen molar-refractivity contribution >= 4 is 21.4 Å². The quantitative estimate of drug-likeness (QED) is 0.815. The molecule has 1 aliphatic rings. The first-order valence-corrected chi connectivity index (χ1v) is 7.96. The maximum Gasteiger partial charge on any atom is 0.275 e. The number of fused-ring (bicyclic) bond motifs is 1. The van der Waals surface area contributed by atoms with Crippen molar-refractivity contribution in [1.82, 2.24) is 14.6 Å². The van der Waals surface area contributed by atoms with Crippen LogP contribution in [-0.4, -0.2) is 40.6 Å². The standard InChI is InChI=1S/C13H18N4O3S/c18-10-5-7-15-13-17(10)16-12(21-13)14-6-3-9-20-11-4-1-2-8-19-11/h5,7,11H,1-4,6,8-9H2,(H,14,16)/t11-/m1/s1. The summed E-state index contributed by atoms with van der Waals surface area (Å²) in [7, 11) is 0. The average Bonchev–Trinajstić information content (AvgIpc) is 2.92. The van der Waals surface area contributed by atoms with E-state index < -0.39 is 0 Å². The Morgan fingerprint density at radius 2 is 2.48 bits per heavy atom. The van der Waals surface area contributed by atoms with Crippen molar-refractivity contribution in [3.05, 3.63) is 22.6 Å². The molecule has 1 aliphatic heterocycles. The molecule has 0 aromatic carbocycles. The second-order valence-corrected chi connectivity index (χ2v) is 5.79. The summed E-state index contributed by atoms with van der Waals surface area (Å²) in [6, 6.07) is 1.40. The molecule has 1 fully saturated rings. The topological polar surface area (TPSA) is 77.8 Å². The zero-order valence-electron chi connectivity index (χ0n) is 11.7. The van der Waals surface area contributed by atoms with Gasteiger partial charge in [0.05, 0.1) is 6.61 Å². The maximum absolute atomic E-state index is 11.5. The molecule has 114 valence electrons. The van der Waals surface area contributed by atoms with Crippen molar-refractivity contribution < 1.29 is 9.47 Å². The number of hydrogen-bond donors (Lipinski definition) is 1. The third kappa shape index (κ3) is 3.78. The fraction of sp³-hybridized carbons (Fsp3) is 0.615. The fourth-order valence-electron chi connectivity index (χ4n) is 2.14. The fourth-order valence-corrected chi connectivity index (χ4v) is 2.94. The molecule has 7 nitrogen and oxygen atoms in total. The molecule has 3 rings (SSSR count). The number of hydrogen-bond acceptors (Lipinski definition) is 7. The smallest absolute Gasteiger partial charge is 0.275 e. The normalized spacial score (nSPS) is 19.0. The van der Waals surface area contributed by atoms with Crippen molar-refractivity contribution in [3.8, 4) is 0 Å². The zero-order valence-corrected chi connectivity index (χ0v) is 12.5. The Balaban J connectivity index is 1.42. The summed E-state index contributed by atoms with van der Waals surface area (Å²) >= 11 is 1.36. The number of anilines is 1. The van der Waals surface area contributed by atoms with Gasteiger partial charge in [-0.05, 0) is 25.7 Å². The molecular formula is C13H18N4O3S. The van der Waals surface area contributed by atoms with E-state index in [0.717, 1.165) is 32.4 Å². The van der Waals surface area contributed by atoms with Crippen LogP contribution in [0.15, 0.2) is 17.1 Å². The van der Waals surface area contributed by atoms with Crippen LogP contribution in [-0.2, 0) is 9.47 Å². The lowest BCUT2D eigenvalue weighted by Crippen LogP contribution is -2.23. The third-order valence-corrected chi connectivity index (χ3v) is 4.09. The van der Waals surface area contributed by atoms with Gasteiger partial charge < -0.3 is 14.8 Å². The van der Waals surface area contributed by atoms with Crippen LogP contribution >= 0.6 is 11.3 Å². The van der Waals surface area contributed by atoms with E-state index in [1.54, 1.807) is 0 Å². The number of nitrogens with zero attached hydrogens (tertiary/aromatic N) is 3. The van der Waals surface area contributed by atoms with E-state index in [0.29, 0.717) is 16.7 Å². The SMILES string of the molecule is O=c1ccnc2sc(NCCCO[C@@H]3CCCCO3)nn12. The van der Waals surface area contributed by atoms with Gasteiger partial charge >= 0.3 is 0 Å². The largest absolute Gasteiger partial charge is 0.360 e. The molecule has 0 radical (unpaired) electrons. The number of nitrogens with one attached hydrogen (secondary N) is 1. The lowest BCUT2D eigenvalue weighted by atomic mass is 10.2. The van der Waals surface area contributed by atoms with Crippen molar-refractivity contribution in [3.63, 3.8) is 0 Å². The molecule has 0 aliphatic carbocycles. The summed E-state index contributed by atoms with van der Waals surface area (Å²) in [5.74, 6) is 0. The van der Waals surface area contributed by atoms with Crippen LogP contribution in [0, 0.1) is 0 Å². The van der Waals surface area contributed by atoms with Crippen LogP contribution in [0.2, 0.25) is 0 Å². The van der Waals surface area contributed by atoms with E-state index in [4.69, 9.17) is 9.47 Å². The molecule has 3 heterocycles. The van der Waals surface area contributed by atoms with Crippen molar-refractivity contribution in [2.75, 3.05) is 25.1 Å². The minimum absolute atomic E-state index is 0.0380. The van der Waals surface area contributed by atoms with Gasteiger partial charge in [0.2, 0.25) is 10.1 Å². The van der Waals surface area contributed by atoms with Crippen molar-refractivity contribution in [2.45, 2.75) is 32.0 Å². The maximum atomic E-state index is 11.5. The molecule has 2 aromatic rings. The highest BCUT2D eigenvalue weighted by Crippen LogP contribution is 2.16. The van der Waals surface area contributed by atoms with E-state index in [1.807, 2.05) is 0 Å².